The summed E-state index contributed by atoms with van der Waals surface area (Å²) in [7, 11) is 0. The van der Waals surface area contributed by atoms with Gasteiger partial charge in [0.1, 0.15) is 6.10 Å². The van der Waals surface area contributed by atoms with Gasteiger partial charge in [-0.3, -0.25) is 9.59 Å². The van der Waals surface area contributed by atoms with E-state index < -0.39 is 6.04 Å². The molecule has 0 spiro atoms. The second kappa shape index (κ2) is 7.85. The lowest BCUT2D eigenvalue weighted by Gasteiger charge is -2.33. The van der Waals surface area contributed by atoms with Crippen LogP contribution in [-0.2, 0) is 14.3 Å². The van der Waals surface area contributed by atoms with Crippen LogP contribution in [0.2, 0.25) is 0 Å². The number of rotatable bonds is 5. The SMILES string of the molecule is C[C@@H]1C[C@@H]([C@H](CC2CCCCC2)NC(=O)[C@@H](N)C(C)(C)C)OC1=O. The van der Waals surface area contributed by atoms with Crippen LogP contribution in [0.3, 0.4) is 0 Å². The normalized spacial score (nSPS) is 28.3. The molecule has 5 heteroatoms. The molecule has 2 aliphatic rings. The molecular weight excluding hydrogens is 304 g/mol. The molecule has 1 amide bonds. The van der Waals surface area contributed by atoms with E-state index in [2.05, 4.69) is 5.32 Å². The van der Waals surface area contributed by atoms with Crippen molar-refractivity contribution in [2.45, 2.75) is 90.8 Å². The average molecular weight is 338 g/mol. The van der Waals surface area contributed by atoms with Crippen LogP contribution >= 0.6 is 0 Å². The molecule has 0 unspecified atom stereocenters. The van der Waals surface area contributed by atoms with Crippen LogP contribution < -0.4 is 11.1 Å². The van der Waals surface area contributed by atoms with Gasteiger partial charge in [-0.2, -0.15) is 0 Å². The topological polar surface area (TPSA) is 81.4 Å². The van der Waals surface area contributed by atoms with Crippen LogP contribution in [0.25, 0.3) is 0 Å². The molecule has 3 N–H and O–H groups in total. The van der Waals surface area contributed by atoms with Gasteiger partial charge in [0.05, 0.1) is 18.0 Å². The Morgan fingerprint density at radius 2 is 1.92 bits per heavy atom. The molecule has 1 saturated carbocycles. The van der Waals surface area contributed by atoms with Crippen molar-refractivity contribution in [3.05, 3.63) is 0 Å². The van der Waals surface area contributed by atoms with Gasteiger partial charge in [0.15, 0.2) is 0 Å². The Kier molecular flexibility index (Phi) is 6.29. The first-order valence-corrected chi connectivity index (χ1v) is 9.45. The number of carbonyl (C=O) groups excluding carboxylic acids is 2. The van der Waals surface area contributed by atoms with Crippen LogP contribution in [-0.4, -0.2) is 30.1 Å². The number of hydrogen-bond donors (Lipinski definition) is 2. The highest BCUT2D eigenvalue weighted by atomic mass is 16.6. The van der Waals surface area contributed by atoms with E-state index >= 15 is 0 Å². The summed E-state index contributed by atoms with van der Waals surface area (Å²) in [6.07, 6.45) is 7.57. The van der Waals surface area contributed by atoms with Crippen LogP contribution in [0.15, 0.2) is 0 Å². The van der Waals surface area contributed by atoms with Crippen LogP contribution in [0.1, 0.15) is 72.6 Å². The van der Waals surface area contributed by atoms with Gasteiger partial charge in [0, 0.05) is 0 Å². The minimum atomic E-state index is -0.569. The fourth-order valence-corrected chi connectivity index (χ4v) is 3.76. The van der Waals surface area contributed by atoms with E-state index in [1.165, 1.54) is 32.1 Å². The lowest BCUT2D eigenvalue weighted by atomic mass is 9.82. The molecule has 0 aromatic carbocycles. The zero-order valence-electron chi connectivity index (χ0n) is 15.6. The Morgan fingerprint density at radius 3 is 2.42 bits per heavy atom. The minimum Gasteiger partial charge on any atom is -0.460 e. The summed E-state index contributed by atoms with van der Waals surface area (Å²) in [6, 6.07) is -0.691. The third kappa shape index (κ3) is 4.95. The van der Waals surface area contributed by atoms with Crippen molar-refractivity contribution in [2.24, 2.45) is 23.0 Å². The minimum absolute atomic E-state index is 0.0861. The Morgan fingerprint density at radius 1 is 1.29 bits per heavy atom. The van der Waals surface area contributed by atoms with Gasteiger partial charge in [0.25, 0.3) is 0 Å². The molecule has 1 heterocycles. The predicted molar refractivity (Wildman–Crippen MR) is 94.2 cm³/mol. The van der Waals surface area contributed by atoms with E-state index in [1.54, 1.807) is 0 Å². The Balaban J connectivity index is 2.04. The summed E-state index contributed by atoms with van der Waals surface area (Å²) in [5, 5.41) is 3.11. The summed E-state index contributed by atoms with van der Waals surface area (Å²) in [5.74, 6) is 0.225. The standard InChI is InChI=1S/C19H34N2O3/c1-12-10-15(24-18(12)23)14(11-13-8-6-5-7-9-13)21-17(22)16(20)19(2,3)4/h12-16H,5-11,20H2,1-4H3,(H,21,22)/t12-,14+,15+,16-/m1/s1. The highest BCUT2D eigenvalue weighted by Crippen LogP contribution is 2.32. The van der Waals surface area contributed by atoms with Gasteiger partial charge in [-0.1, -0.05) is 59.8 Å². The number of nitrogens with two attached hydrogens (primary N) is 1. The fourth-order valence-electron chi connectivity index (χ4n) is 3.76. The summed E-state index contributed by atoms with van der Waals surface area (Å²) in [4.78, 5) is 24.4. The van der Waals surface area contributed by atoms with Gasteiger partial charge in [-0.25, -0.2) is 0 Å². The summed E-state index contributed by atoms with van der Waals surface area (Å²) in [5.41, 5.74) is 5.82. The van der Waals surface area contributed by atoms with Crippen LogP contribution in [0.4, 0.5) is 0 Å². The number of carbonyl (C=O) groups is 2. The third-order valence-corrected chi connectivity index (χ3v) is 5.56. The second-order valence-electron chi connectivity index (χ2n) is 8.81. The predicted octanol–water partition coefficient (Wildman–Crippen LogP) is 2.77. The number of amides is 1. The van der Waals surface area contributed by atoms with Crippen LogP contribution in [0, 0.1) is 17.3 Å². The molecule has 4 atom stereocenters. The van der Waals surface area contributed by atoms with Crippen molar-refractivity contribution in [2.75, 3.05) is 0 Å². The van der Waals surface area contributed by atoms with E-state index in [-0.39, 0.29) is 35.4 Å². The quantitative estimate of drug-likeness (QED) is 0.755. The highest BCUT2D eigenvalue weighted by Gasteiger charge is 2.39. The molecule has 0 bridgehead atoms. The number of esters is 1. The van der Waals surface area contributed by atoms with E-state index in [1.807, 2.05) is 27.7 Å². The molecule has 2 fully saturated rings. The van der Waals surface area contributed by atoms with Crippen molar-refractivity contribution < 1.29 is 14.3 Å². The Hall–Kier alpha value is -1.10. The molecule has 1 saturated heterocycles. The number of ether oxygens (including phenoxy) is 1. The summed E-state index contributed by atoms with van der Waals surface area (Å²) < 4.78 is 5.55. The highest BCUT2D eigenvalue weighted by molar-refractivity contribution is 5.82. The van der Waals surface area contributed by atoms with E-state index in [4.69, 9.17) is 10.5 Å². The molecule has 0 radical (unpaired) electrons. The molecule has 2 rings (SSSR count). The Bertz CT molecular complexity index is 452. The molecule has 1 aliphatic carbocycles. The average Bonchev–Trinajstić information content (AvgIpc) is 2.85. The van der Waals surface area contributed by atoms with Crippen LogP contribution in [0.5, 0.6) is 0 Å². The van der Waals surface area contributed by atoms with Crippen molar-refractivity contribution in [3.63, 3.8) is 0 Å². The number of cyclic esters (lactones) is 1. The van der Waals surface area contributed by atoms with Crippen molar-refractivity contribution >= 4 is 11.9 Å². The largest absolute Gasteiger partial charge is 0.460 e. The summed E-state index contributed by atoms with van der Waals surface area (Å²) >= 11 is 0. The summed E-state index contributed by atoms with van der Waals surface area (Å²) in [6.45, 7) is 7.78. The second-order valence-corrected chi connectivity index (χ2v) is 8.81. The van der Waals surface area contributed by atoms with Gasteiger partial charge < -0.3 is 15.8 Å². The van der Waals surface area contributed by atoms with Gasteiger partial charge in [-0.05, 0) is 24.2 Å². The lowest BCUT2D eigenvalue weighted by Crippen LogP contribution is -2.54. The van der Waals surface area contributed by atoms with E-state index in [9.17, 15) is 9.59 Å². The molecule has 5 nitrogen and oxygen atoms in total. The Labute approximate surface area is 146 Å². The van der Waals surface area contributed by atoms with Gasteiger partial charge in [0.2, 0.25) is 5.91 Å². The van der Waals surface area contributed by atoms with E-state index in [0.717, 1.165) is 6.42 Å². The zero-order valence-corrected chi connectivity index (χ0v) is 15.6. The first-order chi connectivity index (χ1) is 11.2. The molecule has 138 valence electrons. The lowest BCUT2D eigenvalue weighted by molar-refractivity contribution is -0.146. The molecule has 1 aliphatic heterocycles. The number of hydrogen-bond acceptors (Lipinski definition) is 4. The first kappa shape index (κ1) is 19.2. The molecular formula is C19H34N2O3. The maximum atomic E-state index is 12.6. The van der Waals surface area contributed by atoms with Crippen molar-refractivity contribution in [1.29, 1.82) is 0 Å². The maximum absolute atomic E-state index is 12.6. The molecule has 0 aromatic heterocycles. The smallest absolute Gasteiger partial charge is 0.309 e. The van der Waals surface area contributed by atoms with Crippen molar-refractivity contribution in [3.8, 4) is 0 Å². The van der Waals surface area contributed by atoms with Crippen molar-refractivity contribution in [1.82, 2.24) is 5.32 Å². The maximum Gasteiger partial charge on any atom is 0.309 e. The fraction of sp³-hybridized carbons (Fsp3) is 0.895. The van der Waals surface area contributed by atoms with E-state index in [0.29, 0.717) is 12.3 Å². The molecule has 0 aromatic rings. The van der Waals surface area contributed by atoms with Gasteiger partial charge in [-0.15, -0.1) is 0 Å². The zero-order chi connectivity index (χ0) is 17.9. The third-order valence-electron chi connectivity index (χ3n) is 5.56. The molecule has 24 heavy (non-hydrogen) atoms. The first-order valence-electron chi connectivity index (χ1n) is 9.45. The van der Waals surface area contributed by atoms with Gasteiger partial charge >= 0.3 is 5.97 Å². The number of nitrogens with one attached hydrogen (secondary N) is 1. The monoisotopic (exact) mass is 338 g/mol.